The van der Waals surface area contributed by atoms with Crippen LogP contribution in [0.1, 0.15) is 26.3 Å². The Hall–Kier alpha value is -4.47. The Labute approximate surface area is 255 Å². The average molecular weight is 596 g/mol. The summed E-state index contributed by atoms with van der Waals surface area (Å²) in [4.78, 5) is 30.8. The van der Waals surface area contributed by atoms with Gasteiger partial charge in [-0.15, -0.1) is 0 Å². The number of anilines is 1. The van der Waals surface area contributed by atoms with Gasteiger partial charge in [-0.2, -0.15) is 0 Å². The van der Waals surface area contributed by atoms with Crippen molar-refractivity contribution in [3.05, 3.63) is 89.6 Å². The van der Waals surface area contributed by atoms with E-state index in [-0.39, 0.29) is 6.09 Å². The van der Waals surface area contributed by atoms with Crippen molar-refractivity contribution in [2.75, 3.05) is 31.9 Å². The first-order valence-electron chi connectivity index (χ1n) is 14.3. The van der Waals surface area contributed by atoms with Gasteiger partial charge in [0.1, 0.15) is 16.9 Å². The molecule has 3 aromatic heterocycles. The highest BCUT2D eigenvalue weighted by molar-refractivity contribution is 6.33. The summed E-state index contributed by atoms with van der Waals surface area (Å²) in [5, 5.41) is 0.633. The number of hydrogen-bond acceptors (Lipinski definition) is 7. The fourth-order valence-electron chi connectivity index (χ4n) is 5.23. The number of rotatable bonds is 5. The fourth-order valence-corrected chi connectivity index (χ4v) is 5.46. The van der Waals surface area contributed by atoms with Crippen molar-refractivity contribution in [2.45, 2.75) is 32.9 Å². The van der Waals surface area contributed by atoms with Crippen LogP contribution in [0.3, 0.4) is 0 Å². The third kappa shape index (κ3) is 6.18. The third-order valence-electron chi connectivity index (χ3n) is 7.36. The second kappa shape index (κ2) is 11.7. The molecule has 0 spiro atoms. The molecule has 0 bridgehead atoms. The quantitative estimate of drug-likeness (QED) is 0.249. The molecule has 10 heteroatoms. The Morgan fingerprint density at radius 2 is 1.63 bits per heavy atom. The fraction of sp³-hybridized carbons (Fsp3) is 0.273. The van der Waals surface area contributed by atoms with E-state index in [0.717, 1.165) is 47.7 Å². The lowest BCUT2D eigenvalue weighted by molar-refractivity contribution is 0.0139. The Kier molecular flexibility index (Phi) is 7.77. The number of nitrogen functional groups attached to an aromatic ring is 1. The van der Waals surface area contributed by atoms with Gasteiger partial charge in [-0.3, -0.25) is 9.47 Å². The lowest BCUT2D eigenvalue weighted by Gasteiger charge is -2.35. The van der Waals surface area contributed by atoms with Crippen molar-refractivity contribution in [3.8, 4) is 28.3 Å². The van der Waals surface area contributed by atoms with Gasteiger partial charge < -0.3 is 15.4 Å². The zero-order valence-corrected chi connectivity index (χ0v) is 25.3. The van der Waals surface area contributed by atoms with Gasteiger partial charge in [-0.25, -0.2) is 19.7 Å². The van der Waals surface area contributed by atoms with Crippen LogP contribution in [0.2, 0.25) is 5.02 Å². The zero-order valence-electron chi connectivity index (χ0n) is 24.5. The molecule has 5 aromatic rings. The first kappa shape index (κ1) is 28.6. The van der Waals surface area contributed by atoms with Crippen LogP contribution in [0.25, 0.3) is 39.5 Å². The lowest BCUT2D eigenvalue weighted by atomic mass is 10.1. The number of piperazine rings is 1. The standard InChI is InChI=1S/C33H34ClN7O2/c1-33(2,3)43-32(42)40-19-17-39(18-20-40)21-22-10-12-23(13-11-22)41-30(25-8-6-16-36-29(25)35)38-28-15-14-27(37-31(28)41)24-7-4-5-9-26(24)34/h4-16H,17-21H2,1-3H3,(H2,35,36). The van der Waals surface area contributed by atoms with Gasteiger partial charge in [0.25, 0.3) is 0 Å². The van der Waals surface area contributed by atoms with Crippen LogP contribution < -0.4 is 5.73 Å². The molecule has 2 N–H and O–H groups in total. The Balaban J connectivity index is 1.29. The number of pyridine rings is 2. The number of amides is 1. The number of carbonyl (C=O) groups is 1. The summed E-state index contributed by atoms with van der Waals surface area (Å²) in [7, 11) is 0. The van der Waals surface area contributed by atoms with Crippen LogP contribution in [0.15, 0.2) is 79.0 Å². The van der Waals surface area contributed by atoms with E-state index < -0.39 is 5.60 Å². The molecule has 9 nitrogen and oxygen atoms in total. The van der Waals surface area contributed by atoms with Gasteiger partial charge in [0.05, 0.1) is 11.3 Å². The van der Waals surface area contributed by atoms with Gasteiger partial charge in [0.15, 0.2) is 11.5 Å². The molecule has 1 amide bonds. The summed E-state index contributed by atoms with van der Waals surface area (Å²) in [6.07, 6.45) is 1.42. The number of carbonyl (C=O) groups excluding carboxylic acids is 1. The number of nitrogens with two attached hydrogens (primary N) is 1. The molecular weight excluding hydrogens is 562 g/mol. The van der Waals surface area contributed by atoms with E-state index in [2.05, 4.69) is 34.1 Å². The topological polar surface area (TPSA) is 102 Å². The monoisotopic (exact) mass is 595 g/mol. The minimum atomic E-state index is -0.495. The summed E-state index contributed by atoms with van der Waals surface area (Å²) in [5.41, 5.74) is 11.7. The molecule has 220 valence electrons. The molecular formula is C33H34ClN7O2. The zero-order chi connectivity index (χ0) is 30.1. The molecule has 4 heterocycles. The number of benzene rings is 2. The van der Waals surface area contributed by atoms with Gasteiger partial charge in [-0.1, -0.05) is 41.9 Å². The van der Waals surface area contributed by atoms with Crippen LogP contribution in [0.5, 0.6) is 0 Å². The molecule has 6 rings (SSSR count). The second-order valence-corrected chi connectivity index (χ2v) is 12.0. The molecule has 0 saturated carbocycles. The number of hydrogen-bond donors (Lipinski definition) is 1. The van der Waals surface area contributed by atoms with E-state index in [0.29, 0.717) is 35.4 Å². The average Bonchev–Trinajstić information content (AvgIpc) is 3.36. The first-order chi connectivity index (χ1) is 20.7. The highest BCUT2D eigenvalue weighted by atomic mass is 35.5. The number of imidazole rings is 1. The Bertz CT molecular complexity index is 1770. The van der Waals surface area contributed by atoms with E-state index in [1.54, 1.807) is 11.1 Å². The summed E-state index contributed by atoms with van der Waals surface area (Å²) in [6, 6.07) is 23.7. The first-order valence-corrected chi connectivity index (χ1v) is 14.7. The number of halogens is 1. The van der Waals surface area contributed by atoms with E-state index in [4.69, 9.17) is 32.0 Å². The summed E-state index contributed by atoms with van der Waals surface area (Å²) >= 11 is 6.52. The molecule has 2 aromatic carbocycles. The van der Waals surface area contributed by atoms with E-state index >= 15 is 0 Å². The van der Waals surface area contributed by atoms with Crippen molar-refractivity contribution < 1.29 is 9.53 Å². The van der Waals surface area contributed by atoms with Crippen LogP contribution in [-0.4, -0.2) is 67.2 Å². The molecule has 0 atom stereocenters. The van der Waals surface area contributed by atoms with Crippen molar-refractivity contribution >= 4 is 34.7 Å². The molecule has 1 saturated heterocycles. The minimum Gasteiger partial charge on any atom is -0.444 e. The Morgan fingerprint density at radius 3 is 2.33 bits per heavy atom. The van der Waals surface area contributed by atoms with Gasteiger partial charge >= 0.3 is 6.09 Å². The maximum absolute atomic E-state index is 12.4. The van der Waals surface area contributed by atoms with Crippen molar-refractivity contribution in [2.24, 2.45) is 0 Å². The van der Waals surface area contributed by atoms with Crippen LogP contribution in [0, 0.1) is 0 Å². The summed E-state index contributed by atoms with van der Waals surface area (Å²) < 4.78 is 7.55. The predicted octanol–water partition coefficient (Wildman–Crippen LogP) is 6.44. The molecule has 1 aliphatic heterocycles. The maximum Gasteiger partial charge on any atom is 0.410 e. The van der Waals surface area contributed by atoms with E-state index in [9.17, 15) is 4.79 Å². The molecule has 0 aliphatic carbocycles. The third-order valence-corrected chi connectivity index (χ3v) is 7.69. The normalized spacial score (nSPS) is 14.3. The molecule has 1 fully saturated rings. The van der Waals surface area contributed by atoms with Crippen molar-refractivity contribution in [3.63, 3.8) is 0 Å². The number of nitrogens with zero attached hydrogens (tertiary/aromatic N) is 6. The number of fused-ring (bicyclic) bond motifs is 1. The van der Waals surface area contributed by atoms with Crippen LogP contribution in [0.4, 0.5) is 10.6 Å². The van der Waals surface area contributed by atoms with E-state index in [1.807, 2.05) is 73.9 Å². The maximum atomic E-state index is 12.4. The van der Waals surface area contributed by atoms with Crippen molar-refractivity contribution in [1.82, 2.24) is 29.3 Å². The van der Waals surface area contributed by atoms with Crippen LogP contribution in [-0.2, 0) is 11.3 Å². The Morgan fingerprint density at radius 1 is 0.907 bits per heavy atom. The second-order valence-electron chi connectivity index (χ2n) is 11.6. The van der Waals surface area contributed by atoms with Gasteiger partial charge in [-0.05, 0) is 68.8 Å². The summed E-state index contributed by atoms with van der Waals surface area (Å²) in [5.74, 6) is 1.06. The van der Waals surface area contributed by atoms with Gasteiger partial charge in [0.2, 0.25) is 0 Å². The SMILES string of the molecule is CC(C)(C)OC(=O)N1CCN(Cc2ccc(-n3c(-c4cccnc4N)nc4ccc(-c5ccccc5Cl)nc43)cc2)CC1. The molecule has 1 aliphatic rings. The number of ether oxygens (including phenoxy) is 1. The van der Waals surface area contributed by atoms with E-state index in [1.165, 1.54) is 5.56 Å². The molecule has 43 heavy (non-hydrogen) atoms. The van der Waals surface area contributed by atoms with Crippen LogP contribution >= 0.6 is 11.6 Å². The highest BCUT2D eigenvalue weighted by Crippen LogP contribution is 2.33. The minimum absolute atomic E-state index is 0.250. The predicted molar refractivity (Wildman–Crippen MR) is 170 cm³/mol. The van der Waals surface area contributed by atoms with Crippen molar-refractivity contribution in [1.29, 1.82) is 0 Å². The smallest absolute Gasteiger partial charge is 0.410 e. The molecule has 0 radical (unpaired) electrons. The number of aromatic nitrogens is 4. The van der Waals surface area contributed by atoms with Gasteiger partial charge in [0, 0.05) is 55.2 Å². The largest absolute Gasteiger partial charge is 0.444 e. The summed E-state index contributed by atoms with van der Waals surface area (Å²) in [6.45, 7) is 9.30. The molecule has 0 unspecified atom stereocenters. The lowest BCUT2D eigenvalue weighted by Crippen LogP contribution is -2.49. The highest BCUT2D eigenvalue weighted by Gasteiger charge is 2.26.